The van der Waals surface area contributed by atoms with Crippen LogP contribution in [0.25, 0.3) is 0 Å². The molecule has 0 aliphatic carbocycles. The maximum Gasteiger partial charge on any atom is 0.121 e. The number of hydrogen-bond acceptors (Lipinski definition) is 2. The standard InChI is InChI=1S/C15H14BrCl2NO/c1-9(10-3-6-13(17)14(18)7-10)19-15-8-11(20-2)4-5-12(15)16/h3-9,19H,1-2H3. The van der Waals surface area contributed by atoms with Crippen molar-refractivity contribution in [3.8, 4) is 5.75 Å². The molecular formula is C15H14BrCl2NO. The Balaban J connectivity index is 2.22. The average Bonchev–Trinajstić information content (AvgIpc) is 2.44. The zero-order valence-electron chi connectivity index (χ0n) is 11.1. The maximum atomic E-state index is 6.05. The SMILES string of the molecule is COc1ccc(Br)c(NC(C)c2ccc(Cl)c(Cl)c2)c1. The molecule has 0 aromatic heterocycles. The number of nitrogens with one attached hydrogen (secondary N) is 1. The van der Waals surface area contributed by atoms with E-state index in [1.807, 2.05) is 30.3 Å². The first-order valence-electron chi connectivity index (χ1n) is 6.06. The summed E-state index contributed by atoms with van der Waals surface area (Å²) in [5, 5.41) is 4.54. The lowest BCUT2D eigenvalue weighted by Crippen LogP contribution is -2.07. The van der Waals surface area contributed by atoms with E-state index >= 15 is 0 Å². The molecule has 0 heterocycles. The van der Waals surface area contributed by atoms with Crippen LogP contribution in [-0.2, 0) is 0 Å². The van der Waals surface area contributed by atoms with Gasteiger partial charge in [0, 0.05) is 16.6 Å². The number of ether oxygens (including phenoxy) is 1. The summed E-state index contributed by atoms with van der Waals surface area (Å²) >= 11 is 15.5. The van der Waals surface area contributed by atoms with Crippen LogP contribution in [0, 0.1) is 0 Å². The second-order valence-corrected chi connectivity index (χ2v) is 6.05. The fourth-order valence-corrected chi connectivity index (χ4v) is 2.51. The number of rotatable bonds is 4. The molecule has 2 aromatic rings. The molecule has 2 nitrogen and oxygen atoms in total. The summed E-state index contributed by atoms with van der Waals surface area (Å²) in [5.41, 5.74) is 2.03. The minimum absolute atomic E-state index is 0.0909. The molecule has 0 radical (unpaired) electrons. The predicted octanol–water partition coefficient (Wildman–Crippen LogP) is 5.94. The van der Waals surface area contributed by atoms with E-state index in [0.29, 0.717) is 10.0 Å². The molecule has 0 spiro atoms. The van der Waals surface area contributed by atoms with Gasteiger partial charge in [-0.3, -0.25) is 0 Å². The molecule has 0 saturated carbocycles. The predicted molar refractivity (Wildman–Crippen MR) is 89.2 cm³/mol. The average molecular weight is 375 g/mol. The highest BCUT2D eigenvalue weighted by Gasteiger charge is 2.10. The van der Waals surface area contributed by atoms with Crippen molar-refractivity contribution in [1.82, 2.24) is 0 Å². The molecule has 1 unspecified atom stereocenters. The maximum absolute atomic E-state index is 6.05. The lowest BCUT2D eigenvalue weighted by atomic mass is 10.1. The Hall–Kier alpha value is -0.900. The molecule has 106 valence electrons. The van der Waals surface area contributed by atoms with Crippen LogP contribution in [0.3, 0.4) is 0 Å². The molecule has 2 aromatic carbocycles. The molecule has 0 amide bonds. The van der Waals surface area contributed by atoms with E-state index in [1.165, 1.54) is 0 Å². The molecule has 2 rings (SSSR count). The Labute approximate surface area is 137 Å². The van der Waals surface area contributed by atoms with Crippen LogP contribution in [0.15, 0.2) is 40.9 Å². The molecule has 0 aliphatic rings. The second kappa shape index (κ2) is 6.70. The molecule has 20 heavy (non-hydrogen) atoms. The van der Waals surface area contributed by atoms with Crippen molar-refractivity contribution in [2.75, 3.05) is 12.4 Å². The van der Waals surface area contributed by atoms with Crippen molar-refractivity contribution in [2.24, 2.45) is 0 Å². The fourth-order valence-electron chi connectivity index (χ4n) is 1.84. The topological polar surface area (TPSA) is 21.3 Å². The van der Waals surface area contributed by atoms with Crippen LogP contribution in [0.4, 0.5) is 5.69 Å². The molecule has 0 aliphatic heterocycles. The van der Waals surface area contributed by atoms with Crippen molar-refractivity contribution >= 4 is 44.8 Å². The summed E-state index contributed by atoms with van der Waals surface area (Å²) in [5.74, 6) is 0.803. The summed E-state index contributed by atoms with van der Waals surface area (Å²) in [7, 11) is 1.65. The quantitative estimate of drug-likeness (QED) is 0.715. The Morgan fingerprint density at radius 1 is 1.10 bits per heavy atom. The Morgan fingerprint density at radius 2 is 1.85 bits per heavy atom. The van der Waals surface area contributed by atoms with Gasteiger partial charge in [-0.05, 0) is 52.7 Å². The Kier molecular flexibility index (Phi) is 5.19. The molecule has 0 fully saturated rings. The minimum Gasteiger partial charge on any atom is -0.497 e. The molecule has 0 saturated heterocycles. The van der Waals surface area contributed by atoms with E-state index in [9.17, 15) is 0 Å². The zero-order chi connectivity index (χ0) is 14.7. The highest BCUT2D eigenvalue weighted by atomic mass is 79.9. The first kappa shape index (κ1) is 15.5. The number of anilines is 1. The number of methoxy groups -OCH3 is 1. The van der Waals surface area contributed by atoms with E-state index in [0.717, 1.165) is 21.5 Å². The van der Waals surface area contributed by atoms with E-state index < -0.39 is 0 Å². The van der Waals surface area contributed by atoms with Crippen LogP contribution in [0.1, 0.15) is 18.5 Å². The van der Waals surface area contributed by atoms with Crippen molar-refractivity contribution < 1.29 is 4.74 Å². The first-order valence-corrected chi connectivity index (χ1v) is 7.61. The molecule has 5 heteroatoms. The van der Waals surface area contributed by atoms with Gasteiger partial charge in [0.15, 0.2) is 0 Å². The van der Waals surface area contributed by atoms with Gasteiger partial charge in [0.25, 0.3) is 0 Å². The van der Waals surface area contributed by atoms with Gasteiger partial charge >= 0.3 is 0 Å². The zero-order valence-corrected chi connectivity index (χ0v) is 14.2. The van der Waals surface area contributed by atoms with Gasteiger partial charge in [0.05, 0.1) is 22.8 Å². The first-order chi connectivity index (χ1) is 9.51. The Bertz CT molecular complexity index is 619. The lowest BCUT2D eigenvalue weighted by molar-refractivity contribution is 0.415. The third kappa shape index (κ3) is 3.60. The summed E-state index contributed by atoms with van der Waals surface area (Å²) in [4.78, 5) is 0. The smallest absolute Gasteiger partial charge is 0.121 e. The minimum atomic E-state index is 0.0909. The summed E-state index contributed by atoms with van der Waals surface area (Å²) < 4.78 is 6.21. The van der Waals surface area contributed by atoms with Crippen LogP contribution < -0.4 is 10.1 Å². The van der Waals surface area contributed by atoms with Crippen LogP contribution in [0.2, 0.25) is 10.0 Å². The second-order valence-electron chi connectivity index (χ2n) is 4.39. The van der Waals surface area contributed by atoms with Crippen molar-refractivity contribution in [1.29, 1.82) is 0 Å². The van der Waals surface area contributed by atoms with E-state index in [4.69, 9.17) is 27.9 Å². The van der Waals surface area contributed by atoms with E-state index in [-0.39, 0.29) is 6.04 Å². The molecular weight excluding hydrogens is 361 g/mol. The largest absolute Gasteiger partial charge is 0.497 e. The third-order valence-corrected chi connectivity index (χ3v) is 4.42. The molecule has 0 bridgehead atoms. The highest BCUT2D eigenvalue weighted by Crippen LogP contribution is 2.32. The summed E-state index contributed by atoms with van der Waals surface area (Å²) in [6, 6.07) is 11.5. The molecule has 1 N–H and O–H groups in total. The van der Waals surface area contributed by atoms with Gasteiger partial charge in [0.2, 0.25) is 0 Å². The number of halogens is 3. The van der Waals surface area contributed by atoms with Gasteiger partial charge in [0.1, 0.15) is 5.75 Å². The van der Waals surface area contributed by atoms with E-state index in [2.05, 4.69) is 28.2 Å². The summed E-state index contributed by atoms with van der Waals surface area (Å²) in [6.45, 7) is 2.06. The van der Waals surface area contributed by atoms with Crippen LogP contribution >= 0.6 is 39.1 Å². The van der Waals surface area contributed by atoms with Gasteiger partial charge in [-0.2, -0.15) is 0 Å². The number of hydrogen-bond donors (Lipinski definition) is 1. The monoisotopic (exact) mass is 373 g/mol. The Morgan fingerprint density at radius 3 is 2.50 bits per heavy atom. The van der Waals surface area contributed by atoms with Crippen molar-refractivity contribution in [2.45, 2.75) is 13.0 Å². The van der Waals surface area contributed by atoms with Crippen LogP contribution in [0.5, 0.6) is 5.75 Å². The fraction of sp³-hybridized carbons (Fsp3) is 0.200. The van der Waals surface area contributed by atoms with Crippen molar-refractivity contribution in [3.63, 3.8) is 0 Å². The third-order valence-electron chi connectivity index (χ3n) is 2.99. The van der Waals surface area contributed by atoms with Gasteiger partial charge < -0.3 is 10.1 Å². The number of benzene rings is 2. The van der Waals surface area contributed by atoms with Crippen molar-refractivity contribution in [3.05, 3.63) is 56.5 Å². The van der Waals surface area contributed by atoms with Gasteiger partial charge in [-0.15, -0.1) is 0 Å². The highest BCUT2D eigenvalue weighted by molar-refractivity contribution is 9.10. The van der Waals surface area contributed by atoms with Gasteiger partial charge in [-0.25, -0.2) is 0 Å². The van der Waals surface area contributed by atoms with Crippen LogP contribution in [-0.4, -0.2) is 7.11 Å². The molecule has 1 atom stereocenters. The van der Waals surface area contributed by atoms with E-state index in [1.54, 1.807) is 13.2 Å². The lowest BCUT2D eigenvalue weighted by Gasteiger charge is -2.18. The normalized spacial score (nSPS) is 12.1. The van der Waals surface area contributed by atoms with Gasteiger partial charge in [-0.1, -0.05) is 29.3 Å². The summed E-state index contributed by atoms with van der Waals surface area (Å²) in [6.07, 6.45) is 0.